The van der Waals surface area contributed by atoms with Gasteiger partial charge < -0.3 is 14.5 Å². The van der Waals surface area contributed by atoms with Gasteiger partial charge in [-0.05, 0) is 31.9 Å². The van der Waals surface area contributed by atoms with Crippen molar-refractivity contribution in [2.24, 2.45) is 5.92 Å². The van der Waals surface area contributed by atoms with Crippen molar-refractivity contribution < 1.29 is 14.3 Å². The van der Waals surface area contributed by atoms with E-state index in [0.29, 0.717) is 26.2 Å². The molecule has 3 fully saturated rings. The number of carbonyl (C=O) groups excluding carboxylic acids is 2. The Hall–Kier alpha value is -1.95. The summed E-state index contributed by atoms with van der Waals surface area (Å²) in [5.41, 5.74) is 1.87. The van der Waals surface area contributed by atoms with E-state index < -0.39 is 0 Å². The van der Waals surface area contributed by atoms with E-state index in [0.717, 1.165) is 30.8 Å². The SMILES string of the molecule is Cc1cccc(CN2C(=O)C[C@H]3[C@H]2CCN3C(=O)C2CCOC2)n1. The number of nitrogens with zero attached hydrogens (tertiary/aromatic N) is 3. The zero-order chi connectivity index (χ0) is 16.7. The van der Waals surface area contributed by atoms with Crippen LogP contribution in [0.2, 0.25) is 0 Å². The Morgan fingerprint density at radius 1 is 1.33 bits per heavy atom. The number of hydrogen-bond donors (Lipinski definition) is 0. The summed E-state index contributed by atoms with van der Waals surface area (Å²) in [5, 5.41) is 0. The highest BCUT2D eigenvalue weighted by Gasteiger charge is 2.49. The Kier molecular flexibility index (Phi) is 4.00. The fourth-order valence-corrected chi connectivity index (χ4v) is 4.23. The van der Waals surface area contributed by atoms with Gasteiger partial charge in [0.15, 0.2) is 0 Å². The molecule has 3 atom stereocenters. The summed E-state index contributed by atoms with van der Waals surface area (Å²) >= 11 is 0. The summed E-state index contributed by atoms with van der Waals surface area (Å²) in [6, 6.07) is 6.04. The molecule has 3 aliphatic heterocycles. The molecule has 0 N–H and O–H groups in total. The van der Waals surface area contributed by atoms with Crippen molar-refractivity contribution in [2.75, 3.05) is 19.8 Å². The highest BCUT2D eigenvalue weighted by molar-refractivity contribution is 5.84. The normalized spacial score (nSPS) is 29.4. The number of amides is 2. The molecule has 0 spiro atoms. The van der Waals surface area contributed by atoms with Crippen molar-refractivity contribution in [3.63, 3.8) is 0 Å². The van der Waals surface area contributed by atoms with Crippen LogP contribution in [0.3, 0.4) is 0 Å². The lowest BCUT2D eigenvalue weighted by atomic mass is 10.1. The predicted molar refractivity (Wildman–Crippen MR) is 87.0 cm³/mol. The second-order valence-corrected chi connectivity index (χ2v) is 7.01. The van der Waals surface area contributed by atoms with Gasteiger partial charge in [-0.15, -0.1) is 0 Å². The smallest absolute Gasteiger partial charge is 0.228 e. The van der Waals surface area contributed by atoms with Crippen LogP contribution in [-0.2, 0) is 20.9 Å². The second-order valence-electron chi connectivity index (χ2n) is 7.01. The number of rotatable bonds is 3. The standard InChI is InChI=1S/C18H23N3O3/c1-12-3-2-4-14(19-12)10-21-15-5-7-20(16(15)9-17(21)22)18(23)13-6-8-24-11-13/h2-4,13,15-16H,5-11H2,1H3/t13?,15-,16+/m1/s1. The first-order valence-electron chi connectivity index (χ1n) is 8.74. The van der Waals surface area contributed by atoms with Gasteiger partial charge in [-0.1, -0.05) is 6.07 Å². The molecule has 3 aliphatic rings. The van der Waals surface area contributed by atoms with E-state index in [1.165, 1.54) is 0 Å². The van der Waals surface area contributed by atoms with E-state index in [1.807, 2.05) is 34.9 Å². The Morgan fingerprint density at radius 2 is 2.21 bits per heavy atom. The number of ether oxygens (including phenoxy) is 1. The third-order valence-electron chi connectivity index (χ3n) is 5.46. The van der Waals surface area contributed by atoms with Crippen LogP contribution in [0.5, 0.6) is 0 Å². The summed E-state index contributed by atoms with van der Waals surface area (Å²) in [7, 11) is 0. The van der Waals surface area contributed by atoms with E-state index in [4.69, 9.17) is 4.74 Å². The summed E-state index contributed by atoms with van der Waals surface area (Å²) in [5.74, 6) is 0.281. The molecule has 0 saturated carbocycles. The van der Waals surface area contributed by atoms with E-state index in [9.17, 15) is 9.59 Å². The highest BCUT2D eigenvalue weighted by Crippen LogP contribution is 2.35. The van der Waals surface area contributed by atoms with Crippen molar-refractivity contribution in [1.82, 2.24) is 14.8 Å². The average Bonchev–Trinajstić information content (AvgIpc) is 3.26. The first-order chi connectivity index (χ1) is 11.6. The van der Waals surface area contributed by atoms with Crippen molar-refractivity contribution >= 4 is 11.8 Å². The minimum atomic E-state index is -0.0219. The molecule has 4 heterocycles. The highest BCUT2D eigenvalue weighted by atomic mass is 16.5. The molecule has 0 radical (unpaired) electrons. The number of hydrogen-bond acceptors (Lipinski definition) is 4. The molecule has 1 aromatic heterocycles. The summed E-state index contributed by atoms with van der Waals surface area (Å²) < 4.78 is 5.35. The molecule has 4 rings (SSSR count). The monoisotopic (exact) mass is 329 g/mol. The number of carbonyl (C=O) groups is 2. The fourth-order valence-electron chi connectivity index (χ4n) is 4.23. The summed E-state index contributed by atoms with van der Waals surface area (Å²) in [6.07, 6.45) is 2.11. The quantitative estimate of drug-likeness (QED) is 0.834. The molecule has 0 aromatic carbocycles. The Labute approximate surface area is 141 Å². The van der Waals surface area contributed by atoms with Gasteiger partial charge in [0.25, 0.3) is 0 Å². The molecular formula is C18H23N3O3. The fraction of sp³-hybridized carbons (Fsp3) is 0.611. The third kappa shape index (κ3) is 2.69. The largest absolute Gasteiger partial charge is 0.381 e. The zero-order valence-corrected chi connectivity index (χ0v) is 14.0. The van der Waals surface area contributed by atoms with Gasteiger partial charge in [-0.3, -0.25) is 14.6 Å². The third-order valence-corrected chi connectivity index (χ3v) is 5.46. The molecule has 1 aromatic rings. The lowest BCUT2D eigenvalue weighted by Crippen LogP contribution is -2.42. The van der Waals surface area contributed by atoms with Crippen LogP contribution < -0.4 is 0 Å². The van der Waals surface area contributed by atoms with Crippen LogP contribution in [0.25, 0.3) is 0 Å². The van der Waals surface area contributed by atoms with Gasteiger partial charge in [0.1, 0.15) is 0 Å². The molecule has 128 valence electrons. The topological polar surface area (TPSA) is 62.7 Å². The first kappa shape index (κ1) is 15.6. The van der Waals surface area contributed by atoms with Crippen LogP contribution in [-0.4, -0.2) is 58.4 Å². The number of pyridine rings is 1. The lowest BCUT2D eigenvalue weighted by molar-refractivity contribution is -0.136. The first-order valence-corrected chi connectivity index (χ1v) is 8.74. The zero-order valence-electron chi connectivity index (χ0n) is 14.0. The second kappa shape index (κ2) is 6.16. The number of likely N-dealkylation sites (tertiary alicyclic amines) is 2. The predicted octanol–water partition coefficient (Wildman–Crippen LogP) is 1.13. The van der Waals surface area contributed by atoms with E-state index in [-0.39, 0.29) is 29.8 Å². The minimum absolute atomic E-state index is 0.0219. The maximum absolute atomic E-state index is 12.7. The molecule has 24 heavy (non-hydrogen) atoms. The van der Waals surface area contributed by atoms with Crippen molar-refractivity contribution in [3.05, 3.63) is 29.6 Å². The van der Waals surface area contributed by atoms with E-state index in [1.54, 1.807) is 0 Å². The van der Waals surface area contributed by atoms with Gasteiger partial charge in [0.2, 0.25) is 11.8 Å². The van der Waals surface area contributed by atoms with Crippen LogP contribution >= 0.6 is 0 Å². The van der Waals surface area contributed by atoms with Crippen molar-refractivity contribution in [3.8, 4) is 0 Å². The van der Waals surface area contributed by atoms with Gasteiger partial charge in [0, 0.05) is 25.3 Å². The lowest BCUT2D eigenvalue weighted by Gasteiger charge is -2.26. The maximum Gasteiger partial charge on any atom is 0.228 e. The van der Waals surface area contributed by atoms with Crippen LogP contribution in [0.15, 0.2) is 18.2 Å². The summed E-state index contributed by atoms with van der Waals surface area (Å²) in [4.78, 5) is 33.6. The van der Waals surface area contributed by atoms with E-state index in [2.05, 4.69) is 4.98 Å². The van der Waals surface area contributed by atoms with Crippen molar-refractivity contribution in [1.29, 1.82) is 0 Å². The number of aryl methyl sites for hydroxylation is 1. The molecule has 1 unspecified atom stereocenters. The Morgan fingerprint density at radius 3 is 2.96 bits per heavy atom. The van der Waals surface area contributed by atoms with Crippen LogP contribution in [0, 0.1) is 12.8 Å². The minimum Gasteiger partial charge on any atom is -0.381 e. The maximum atomic E-state index is 12.7. The Balaban J connectivity index is 1.48. The number of fused-ring (bicyclic) bond motifs is 1. The van der Waals surface area contributed by atoms with Crippen LogP contribution in [0.4, 0.5) is 0 Å². The molecular weight excluding hydrogens is 306 g/mol. The molecule has 6 nitrogen and oxygen atoms in total. The van der Waals surface area contributed by atoms with Gasteiger partial charge in [-0.25, -0.2) is 0 Å². The van der Waals surface area contributed by atoms with Gasteiger partial charge >= 0.3 is 0 Å². The molecule has 6 heteroatoms. The molecule has 0 aliphatic carbocycles. The molecule has 2 amide bonds. The molecule has 0 bridgehead atoms. The molecule has 3 saturated heterocycles. The van der Waals surface area contributed by atoms with E-state index >= 15 is 0 Å². The van der Waals surface area contributed by atoms with Gasteiger partial charge in [0.05, 0.1) is 36.8 Å². The summed E-state index contributed by atoms with van der Waals surface area (Å²) in [6.45, 7) is 4.43. The van der Waals surface area contributed by atoms with Crippen LogP contribution in [0.1, 0.15) is 30.7 Å². The van der Waals surface area contributed by atoms with Crippen molar-refractivity contribution in [2.45, 2.75) is 44.8 Å². The Bertz CT molecular complexity index is 657. The average molecular weight is 329 g/mol. The number of aromatic nitrogens is 1. The van der Waals surface area contributed by atoms with Gasteiger partial charge in [-0.2, -0.15) is 0 Å².